The van der Waals surface area contributed by atoms with Gasteiger partial charge in [-0.25, -0.2) is 0 Å². The number of nitrogens with zero attached hydrogens (tertiary/aromatic N) is 1. The zero-order valence-corrected chi connectivity index (χ0v) is 9.36. The Hall–Kier alpha value is -1.48. The number of hydrogen-bond donors (Lipinski definition) is 1. The van der Waals surface area contributed by atoms with Crippen molar-refractivity contribution in [2.24, 2.45) is 0 Å². The SMILES string of the molecule is CN1CCCc2oc3ccc(O)cc3c2C1. The van der Waals surface area contributed by atoms with Crippen LogP contribution in [0.5, 0.6) is 5.75 Å². The van der Waals surface area contributed by atoms with Crippen LogP contribution in [-0.4, -0.2) is 23.6 Å². The second-order valence-electron chi connectivity index (χ2n) is 4.53. The third-order valence-corrected chi connectivity index (χ3v) is 3.23. The molecule has 0 fully saturated rings. The lowest BCUT2D eigenvalue weighted by Crippen LogP contribution is -2.16. The van der Waals surface area contributed by atoms with Crippen molar-refractivity contribution in [1.82, 2.24) is 4.90 Å². The summed E-state index contributed by atoms with van der Waals surface area (Å²) in [6.45, 7) is 2.01. The topological polar surface area (TPSA) is 36.6 Å². The molecule has 0 saturated heterocycles. The third kappa shape index (κ3) is 1.48. The van der Waals surface area contributed by atoms with Crippen molar-refractivity contribution in [3.8, 4) is 5.75 Å². The molecule has 0 aliphatic carbocycles. The molecular formula is C13H15NO2. The Morgan fingerprint density at radius 1 is 1.38 bits per heavy atom. The van der Waals surface area contributed by atoms with E-state index < -0.39 is 0 Å². The number of fused-ring (bicyclic) bond motifs is 3. The summed E-state index contributed by atoms with van der Waals surface area (Å²) in [6, 6.07) is 5.32. The number of rotatable bonds is 0. The van der Waals surface area contributed by atoms with Gasteiger partial charge in [-0.05, 0) is 38.2 Å². The van der Waals surface area contributed by atoms with Crippen molar-refractivity contribution < 1.29 is 9.52 Å². The van der Waals surface area contributed by atoms with E-state index in [1.165, 1.54) is 5.56 Å². The number of furan rings is 1. The molecule has 3 nitrogen and oxygen atoms in total. The van der Waals surface area contributed by atoms with Crippen LogP contribution < -0.4 is 0 Å². The molecular weight excluding hydrogens is 202 g/mol. The molecule has 1 N–H and O–H groups in total. The Morgan fingerprint density at radius 2 is 2.25 bits per heavy atom. The molecule has 3 heteroatoms. The van der Waals surface area contributed by atoms with Crippen LogP contribution >= 0.6 is 0 Å². The van der Waals surface area contributed by atoms with E-state index in [-0.39, 0.29) is 0 Å². The average Bonchev–Trinajstić information content (AvgIpc) is 2.47. The maximum Gasteiger partial charge on any atom is 0.134 e. The van der Waals surface area contributed by atoms with Crippen molar-refractivity contribution in [3.63, 3.8) is 0 Å². The van der Waals surface area contributed by atoms with Crippen LogP contribution in [0.1, 0.15) is 17.7 Å². The zero-order valence-electron chi connectivity index (χ0n) is 9.36. The molecule has 84 valence electrons. The number of benzene rings is 1. The fourth-order valence-electron chi connectivity index (χ4n) is 2.42. The maximum absolute atomic E-state index is 9.53. The second kappa shape index (κ2) is 3.52. The highest BCUT2D eigenvalue weighted by Crippen LogP contribution is 2.31. The molecule has 2 heterocycles. The minimum Gasteiger partial charge on any atom is -0.508 e. The van der Waals surface area contributed by atoms with Gasteiger partial charge in [0.1, 0.15) is 17.1 Å². The van der Waals surface area contributed by atoms with E-state index in [4.69, 9.17) is 4.42 Å². The summed E-state index contributed by atoms with van der Waals surface area (Å²) in [6.07, 6.45) is 2.13. The highest BCUT2D eigenvalue weighted by atomic mass is 16.3. The Bertz CT molecular complexity index is 530. The van der Waals surface area contributed by atoms with Crippen molar-refractivity contribution in [3.05, 3.63) is 29.5 Å². The molecule has 0 amide bonds. The van der Waals surface area contributed by atoms with Gasteiger partial charge in [-0.15, -0.1) is 0 Å². The molecule has 0 atom stereocenters. The lowest BCUT2D eigenvalue weighted by atomic mass is 10.1. The molecule has 0 unspecified atom stereocenters. The van der Waals surface area contributed by atoms with E-state index >= 15 is 0 Å². The van der Waals surface area contributed by atoms with Crippen LogP contribution in [0.2, 0.25) is 0 Å². The highest BCUT2D eigenvalue weighted by molar-refractivity contribution is 5.83. The first-order valence-electron chi connectivity index (χ1n) is 5.66. The van der Waals surface area contributed by atoms with Gasteiger partial charge in [0.2, 0.25) is 0 Å². The van der Waals surface area contributed by atoms with Crippen molar-refractivity contribution in [2.75, 3.05) is 13.6 Å². The summed E-state index contributed by atoms with van der Waals surface area (Å²) >= 11 is 0. The number of phenolic OH excluding ortho intramolecular Hbond substituents is 1. The predicted octanol–water partition coefficient (Wildman–Crippen LogP) is 2.52. The first kappa shape index (κ1) is 9.73. The Morgan fingerprint density at radius 3 is 3.12 bits per heavy atom. The lowest BCUT2D eigenvalue weighted by molar-refractivity contribution is 0.333. The predicted molar refractivity (Wildman–Crippen MR) is 62.5 cm³/mol. The first-order valence-corrected chi connectivity index (χ1v) is 5.66. The van der Waals surface area contributed by atoms with Crippen molar-refractivity contribution in [2.45, 2.75) is 19.4 Å². The third-order valence-electron chi connectivity index (χ3n) is 3.23. The normalized spacial score (nSPS) is 17.3. The maximum atomic E-state index is 9.53. The van der Waals surface area contributed by atoms with Gasteiger partial charge in [0.25, 0.3) is 0 Å². The minimum absolute atomic E-state index is 0.308. The first-order chi connectivity index (χ1) is 7.74. The van der Waals surface area contributed by atoms with Gasteiger partial charge in [0, 0.05) is 23.9 Å². The highest BCUT2D eigenvalue weighted by Gasteiger charge is 2.18. The van der Waals surface area contributed by atoms with Gasteiger partial charge in [0.05, 0.1) is 0 Å². The summed E-state index contributed by atoms with van der Waals surface area (Å²) in [7, 11) is 2.12. The molecule has 16 heavy (non-hydrogen) atoms. The van der Waals surface area contributed by atoms with Gasteiger partial charge in [-0.3, -0.25) is 0 Å². The number of hydrogen-bond acceptors (Lipinski definition) is 3. The van der Waals surface area contributed by atoms with Gasteiger partial charge < -0.3 is 14.4 Å². The number of phenols is 1. The fraction of sp³-hybridized carbons (Fsp3) is 0.385. The molecule has 1 aromatic heterocycles. The van der Waals surface area contributed by atoms with Crippen LogP contribution in [-0.2, 0) is 13.0 Å². The second-order valence-corrected chi connectivity index (χ2v) is 4.53. The molecule has 0 bridgehead atoms. The van der Waals surface area contributed by atoms with E-state index in [0.29, 0.717) is 5.75 Å². The summed E-state index contributed by atoms with van der Waals surface area (Å²) in [5, 5.41) is 10.6. The van der Waals surface area contributed by atoms with E-state index in [0.717, 1.165) is 42.7 Å². The van der Waals surface area contributed by atoms with Crippen LogP contribution in [0.15, 0.2) is 22.6 Å². The molecule has 0 saturated carbocycles. The molecule has 1 aliphatic heterocycles. The summed E-state index contributed by atoms with van der Waals surface area (Å²) in [5.74, 6) is 1.40. The largest absolute Gasteiger partial charge is 0.508 e. The van der Waals surface area contributed by atoms with Gasteiger partial charge in [-0.2, -0.15) is 0 Å². The molecule has 1 aliphatic rings. The molecule has 3 rings (SSSR count). The van der Waals surface area contributed by atoms with E-state index in [2.05, 4.69) is 11.9 Å². The molecule has 2 aromatic rings. The Balaban J connectivity index is 2.21. The fourth-order valence-corrected chi connectivity index (χ4v) is 2.42. The van der Waals surface area contributed by atoms with Gasteiger partial charge in [0.15, 0.2) is 0 Å². The minimum atomic E-state index is 0.308. The van der Waals surface area contributed by atoms with Crippen molar-refractivity contribution in [1.29, 1.82) is 0 Å². The lowest BCUT2D eigenvalue weighted by Gasteiger charge is -2.12. The standard InChI is InChI=1S/C13H15NO2/c1-14-6-2-3-12-11(8-14)10-7-9(15)4-5-13(10)16-12/h4-5,7,15H,2-3,6,8H2,1H3. The zero-order chi connectivity index (χ0) is 11.1. The molecule has 0 spiro atoms. The van der Waals surface area contributed by atoms with Crippen LogP contribution in [0.4, 0.5) is 0 Å². The summed E-state index contributed by atoms with van der Waals surface area (Å²) in [5.41, 5.74) is 2.13. The van der Waals surface area contributed by atoms with E-state index in [9.17, 15) is 5.11 Å². The molecule has 0 radical (unpaired) electrons. The van der Waals surface area contributed by atoms with Crippen LogP contribution in [0.25, 0.3) is 11.0 Å². The van der Waals surface area contributed by atoms with Gasteiger partial charge >= 0.3 is 0 Å². The smallest absolute Gasteiger partial charge is 0.134 e. The molecule has 1 aromatic carbocycles. The van der Waals surface area contributed by atoms with Crippen LogP contribution in [0, 0.1) is 0 Å². The van der Waals surface area contributed by atoms with Crippen molar-refractivity contribution >= 4 is 11.0 Å². The number of aryl methyl sites for hydroxylation is 1. The quantitative estimate of drug-likeness (QED) is 0.736. The van der Waals surface area contributed by atoms with Crippen LogP contribution in [0.3, 0.4) is 0 Å². The monoisotopic (exact) mass is 217 g/mol. The Kier molecular flexibility index (Phi) is 2.14. The number of aromatic hydroxyl groups is 1. The van der Waals surface area contributed by atoms with E-state index in [1.54, 1.807) is 12.1 Å². The van der Waals surface area contributed by atoms with Gasteiger partial charge in [-0.1, -0.05) is 0 Å². The Labute approximate surface area is 94.3 Å². The summed E-state index contributed by atoms with van der Waals surface area (Å²) < 4.78 is 5.84. The average molecular weight is 217 g/mol. The van der Waals surface area contributed by atoms with E-state index in [1.807, 2.05) is 6.07 Å². The summed E-state index contributed by atoms with van der Waals surface area (Å²) in [4.78, 5) is 2.30.